The number of aromatic nitrogens is 1. The zero-order valence-electron chi connectivity index (χ0n) is 14.0. The molecular formula is C19H21N3O3. The fraction of sp³-hybridized carbons (Fsp3) is 0.316. The average molecular weight is 339 g/mol. The maximum atomic E-state index is 12.5. The number of rotatable bonds is 5. The summed E-state index contributed by atoms with van der Waals surface area (Å²) in [6.07, 6.45) is 2.30. The molecule has 6 nitrogen and oxygen atoms in total. The van der Waals surface area contributed by atoms with Crippen molar-refractivity contribution in [2.45, 2.75) is 13.0 Å². The first-order chi connectivity index (χ1) is 12.2. The first-order valence-electron chi connectivity index (χ1n) is 8.34. The van der Waals surface area contributed by atoms with Gasteiger partial charge >= 0.3 is 0 Å². The smallest absolute Gasteiger partial charge is 0.272 e. The van der Waals surface area contributed by atoms with Gasteiger partial charge in [0.15, 0.2) is 0 Å². The maximum Gasteiger partial charge on any atom is 0.272 e. The molecule has 0 atom stereocenters. The molecule has 1 N–H and O–H groups in total. The number of aliphatic hydroxyl groups excluding tert-OH is 1. The molecule has 0 unspecified atom stereocenters. The lowest BCUT2D eigenvalue weighted by molar-refractivity contribution is -0.134. The lowest BCUT2D eigenvalue weighted by Crippen LogP contribution is -2.52. The van der Waals surface area contributed by atoms with Crippen LogP contribution in [-0.2, 0) is 17.8 Å². The van der Waals surface area contributed by atoms with Gasteiger partial charge in [0.1, 0.15) is 12.2 Å². The largest absolute Gasteiger partial charge is 0.392 e. The van der Waals surface area contributed by atoms with Crippen molar-refractivity contribution in [3.05, 3.63) is 65.5 Å². The summed E-state index contributed by atoms with van der Waals surface area (Å²) >= 11 is 0. The van der Waals surface area contributed by atoms with Gasteiger partial charge in [0, 0.05) is 25.8 Å². The van der Waals surface area contributed by atoms with Gasteiger partial charge in [0.2, 0.25) is 5.91 Å². The van der Waals surface area contributed by atoms with Crippen molar-refractivity contribution in [3.8, 4) is 0 Å². The second-order valence-electron chi connectivity index (χ2n) is 6.05. The van der Waals surface area contributed by atoms with Crippen LogP contribution in [0.4, 0.5) is 0 Å². The first kappa shape index (κ1) is 17.1. The monoisotopic (exact) mass is 339 g/mol. The molecule has 25 heavy (non-hydrogen) atoms. The lowest BCUT2D eigenvalue weighted by atomic mass is 10.1. The summed E-state index contributed by atoms with van der Waals surface area (Å²) in [6.45, 7) is 1.60. The summed E-state index contributed by atoms with van der Waals surface area (Å²) < 4.78 is 0. The zero-order valence-corrected chi connectivity index (χ0v) is 14.0. The van der Waals surface area contributed by atoms with Crippen LogP contribution >= 0.6 is 0 Å². The highest BCUT2D eigenvalue weighted by molar-refractivity contribution is 5.95. The Morgan fingerprint density at radius 1 is 1.12 bits per heavy atom. The Kier molecular flexibility index (Phi) is 5.40. The molecule has 0 bridgehead atoms. The molecule has 3 rings (SSSR count). The second kappa shape index (κ2) is 7.90. The van der Waals surface area contributed by atoms with Crippen LogP contribution in [0.15, 0.2) is 48.7 Å². The van der Waals surface area contributed by atoms with Crippen LogP contribution in [0.5, 0.6) is 0 Å². The molecule has 1 aliphatic heterocycles. The van der Waals surface area contributed by atoms with E-state index >= 15 is 0 Å². The summed E-state index contributed by atoms with van der Waals surface area (Å²) in [5.74, 6) is -0.319. The minimum atomic E-state index is -0.272. The number of carbonyl (C=O) groups excluding carboxylic acids is 2. The van der Waals surface area contributed by atoms with Gasteiger partial charge in [-0.3, -0.25) is 14.6 Å². The predicted octanol–water partition coefficient (Wildman–Crippen LogP) is 1.10. The summed E-state index contributed by atoms with van der Waals surface area (Å²) in [6, 6.07) is 13.3. The third-order valence-electron chi connectivity index (χ3n) is 4.35. The van der Waals surface area contributed by atoms with Gasteiger partial charge in [-0.15, -0.1) is 0 Å². The highest BCUT2D eigenvalue weighted by Gasteiger charge is 2.28. The molecule has 130 valence electrons. The van der Waals surface area contributed by atoms with Crippen LogP contribution in [0.25, 0.3) is 0 Å². The van der Waals surface area contributed by atoms with Crippen molar-refractivity contribution in [3.63, 3.8) is 0 Å². The Labute approximate surface area is 146 Å². The van der Waals surface area contributed by atoms with E-state index in [9.17, 15) is 14.7 Å². The Hall–Kier alpha value is -2.73. The van der Waals surface area contributed by atoms with E-state index in [1.54, 1.807) is 17.0 Å². The van der Waals surface area contributed by atoms with Crippen molar-refractivity contribution < 1.29 is 14.7 Å². The molecule has 6 heteroatoms. The SMILES string of the molecule is O=C1CN(C(=O)c2cc(CO)ccn2)CCN1CCc1ccccc1. The maximum absolute atomic E-state index is 12.5. The third-order valence-corrected chi connectivity index (χ3v) is 4.35. The molecule has 2 amide bonds. The average Bonchev–Trinajstić information content (AvgIpc) is 2.67. The van der Waals surface area contributed by atoms with E-state index in [2.05, 4.69) is 4.98 Å². The fourth-order valence-corrected chi connectivity index (χ4v) is 2.88. The van der Waals surface area contributed by atoms with E-state index in [0.717, 1.165) is 6.42 Å². The molecule has 0 saturated carbocycles. The molecule has 0 spiro atoms. The Morgan fingerprint density at radius 2 is 1.92 bits per heavy atom. The van der Waals surface area contributed by atoms with E-state index in [1.165, 1.54) is 16.7 Å². The number of pyridine rings is 1. The van der Waals surface area contributed by atoms with Gasteiger partial charge < -0.3 is 14.9 Å². The van der Waals surface area contributed by atoms with Crippen LogP contribution in [-0.4, -0.2) is 57.9 Å². The minimum absolute atomic E-state index is 0.0474. The zero-order chi connectivity index (χ0) is 17.6. The van der Waals surface area contributed by atoms with Gasteiger partial charge in [0.25, 0.3) is 5.91 Å². The summed E-state index contributed by atoms with van der Waals surface area (Å²) in [5, 5.41) is 9.17. The van der Waals surface area contributed by atoms with Crippen LogP contribution < -0.4 is 0 Å². The number of hydrogen-bond donors (Lipinski definition) is 1. The van der Waals surface area contributed by atoms with Gasteiger partial charge in [-0.2, -0.15) is 0 Å². The lowest BCUT2D eigenvalue weighted by Gasteiger charge is -2.34. The Morgan fingerprint density at radius 3 is 2.64 bits per heavy atom. The van der Waals surface area contributed by atoms with Crippen molar-refractivity contribution in [1.29, 1.82) is 0 Å². The number of aliphatic hydroxyl groups is 1. The molecule has 1 aromatic heterocycles. The van der Waals surface area contributed by atoms with Crippen molar-refractivity contribution in [1.82, 2.24) is 14.8 Å². The molecular weight excluding hydrogens is 318 g/mol. The van der Waals surface area contributed by atoms with E-state index in [1.807, 2.05) is 30.3 Å². The number of piperazine rings is 1. The van der Waals surface area contributed by atoms with Gasteiger partial charge in [-0.1, -0.05) is 30.3 Å². The molecule has 1 aliphatic rings. The van der Waals surface area contributed by atoms with Gasteiger partial charge in [-0.05, 0) is 29.7 Å². The van der Waals surface area contributed by atoms with Gasteiger partial charge in [0.05, 0.1) is 6.61 Å². The van der Waals surface area contributed by atoms with Crippen molar-refractivity contribution >= 4 is 11.8 Å². The van der Waals surface area contributed by atoms with Crippen LogP contribution in [0.3, 0.4) is 0 Å². The fourth-order valence-electron chi connectivity index (χ4n) is 2.88. The highest BCUT2D eigenvalue weighted by atomic mass is 16.3. The summed E-state index contributed by atoms with van der Waals surface area (Å²) in [5.41, 5.74) is 2.09. The minimum Gasteiger partial charge on any atom is -0.392 e. The van der Waals surface area contributed by atoms with E-state index in [4.69, 9.17) is 0 Å². The number of benzene rings is 1. The molecule has 1 fully saturated rings. The van der Waals surface area contributed by atoms with Gasteiger partial charge in [-0.25, -0.2) is 0 Å². The Balaban J connectivity index is 1.57. The molecule has 0 radical (unpaired) electrons. The molecule has 2 heterocycles. The van der Waals surface area contributed by atoms with Crippen LogP contribution in [0.2, 0.25) is 0 Å². The van der Waals surface area contributed by atoms with Crippen molar-refractivity contribution in [2.75, 3.05) is 26.2 Å². The van der Waals surface area contributed by atoms with Crippen LogP contribution in [0.1, 0.15) is 21.6 Å². The topological polar surface area (TPSA) is 73.7 Å². The number of hydrogen-bond acceptors (Lipinski definition) is 4. The molecule has 1 saturated heterocycles. The third kappa shape index (κ3) is 4.22. The van der Waals surface area contributed by atoms with E-state index < -0.39 is 0 Å². The Bertz CT molecular complexity index is 749. The summed E-state index contributed by atoms with van der Waals surface area (Å²) in [4.78, 5) is 32.2. The standard InChI is InChI=1S/C19H21N3O3/c23-14-16-6-8-20-17(12-16)19(25)22-11-10-21(18(24)13-22)9-7-15-4-2-1-3-5-15/h1-6,8,12,23H,7,9-11,13-14H2. The highest BCUT2D eigenvalue weighted by Crippen LogP contribution is 2.11. The van der Waals surface area contributed by atoms with Crippen LogP contribution in [0, 0.1) is 0 Å². The number of amides is 2. The normalized spacial score (nSPS) is 14.7. The molecule has 0 aliphatic carbocycles. The van der Waals surface area contributed by atoms with E-state index in [0.29, 0.717) is 25.2 Å². The predicted molar refractivity (Wildman–Crippen MR) is 92.8 cm³/mol. The van der Waals surface area contributed by atoms with E-state index in [-0.39, 0.29) is 30.7 Å². The second-order valence-corrected chi connectivity index (χ2v) is 6.05. The summed E-state index contributed by atoms with van der Waals surface area (Å²) in [7, 11) is 0. The first-order valence-corrected chi connectivity index (χ1v) is 8.34. The number of nitrogens with zero attached hydrogens (tertiary/aromatic N) is 3. The molecule has 1 aromatic carbocycles. The number of carbonyl (C=O) groups is 2. The van der Waals surface area contributed by atoms with Crippen molar-refractivity contribution in [2.24, 2.45) is 0 Å². The molecule has 2 aromatic rings. The quantitative estimate of drug-likeness (QED) is 0.885.